The Kier molecular flexibility index (Phi) is 4.94. The molecule has 110 valence electrons. The molecular formula is C18H16N2O2. The van der Waals surface area contributed by atoms with Gasteiger partial charge in [0.25, 0.3) is 11.8 Å². The summed E-state index contributed by atoms with van der Waals surface area (Å²) in [5.74, 6) is 1.77. The third-order valence-electron chi connectivity index (χ3n) is 3.16. The highest BCUT2D eigenvalue weighted by Crippen LogP contribution is 2.17. The molecule has 0 saturated carbocycles. The van der Waals surface area contributed by atoms with Gasteiger partial charge in [-0.3, -0.25) is 9.59 Å². The fourth-order valence-corrected chi connectivity index (χ4v) is 2.03. The zero-order valence-electron chi connectivity index (χ0n) is 12.2. The van der Waals surface area contributed by atoms with Crippen molar-refractivity contribution in [1.29, 1.82) is 0 Å². The van der Waals surface area contributed by atoms with Crippen molar-refractivity contribution in [3.05, 3.63) is 65.2 Å². The molecule has 0 aliphatic rings. The van der Waals surface area contributed by atoms with Crippen LogP contribution >= 0.6 is 0 Å². The number of carbonyl (C=O) groups is 2. The number of aryl methyl sites for hydroxylation is 1. The van der Waals surface area contributed by atoms with Gasteiger partial charge in [-0.2, -0.15) is 0 Å². The fourth-order valence-electron chi connectivity index (χ4n) is 2.03. The summed E-state index contributed by atoms with van der Waals surface area (Å²) in [4.78, 5) is 24.4. The first kappa shape index (κ1) is 15.3. The standard InChI is InChI=1S/C18H16N2O2/c1-3-12-19-17(21)15-10-6-7-11-16(15)20-18(22)14-9-5-4-8-13(14)2/h1,4-11H,12H2,2H3,(H,19,21)(H,20,22). The normalized spacial score (nSPS) is 9.64. The van der Waals surface area contributed by atoms with Crippen LogP contribution in [-0.4, -0.2) is 18.4 Å². The van der Waals surface area contributed by atoms with Crippen LogP contribution in [0.5, 0.6) is 0 Å². The number of amides is 2. The molecule has 2 aromatic carbocycles. The van der Waals surface area contributed by atoms with Crippen LogP contribution < -0.4 is 10.6 Å². The number of benzene rings is 2. The third-order valence-corrected chi connectivity index (χ3v) is 3.16. The van der Waals surface area contributed by atoms with E-state index in [-0.39, 0.29) is 18.4 Å². The van der Waals surface area contributed by atoms with E-state index in [4.69, 9.17) is 6.42 Å². The lowest BCUT2D eigenvalue weighted by atomic mass is 10.1. The molecule has 0 radical (unpaired) electrons. The molecule has 4 heteroatoms. The summed E-state index contributed by atoms with van der Waals surface area (Å²) in [7, 11) is 0. The first-order valence-corrected chi connectivity index (χ1v) is 6.81. The SMILES string of the molecule is C#CCNC(=O)c1ccccc1NC(=O)c1ccccc1C. The van der Waals surface area contributed by atoms with Crippen molar-refractivity contribution in [2.75, 3.05) is 11.9 Å². The maximum Gasteiger partial charge on any atom is 0.255 e. The lowest BCUT2D eigenvalue weighted by Gasteiger charge is -2.11. The summed E-state index contributed by atoms with van der Waals surface area (Å²) in [5.41, 5.74) is 2.26. The Balaban J connectivity index is 2.24. The molecule has 2 N–H and O–H groups in total. The molecule has 0 heterocycles. The van der Waals surface area contributed by atoms with Crippen molar-refractivity contribution in [3.8, 4) is 12.3 Å². The molecule has 2 rings (SSSR count). The predicted octanol–water partition coefficient (Wildman–Crippen LogP) is 2.61. The Morgan fingerprint density at radius 1 is 1.00 bits per heavy atom. The molecule has 2 amide bonds. The number of rotatable bonds is 4. The first-order chi connectivity index (χ1) is 10.6. The van der Waals surface area contributed by atoms with Crippen molar-refractivity contribution in [1.82, 2.24) is 5.32 Å². The van der Waals surface area contributed by atoms with Crippen molar-refractivity contribution in [2.45, 2.75) is 6.92 Å². The molecule has 0 spiro atoms. The molecule has 0 aliphatic carbocycles. The number of terminal acetylenes is 1. The molecule has 0 aromatic heterocycles. The number of hydrogen-bond acceptors (Lipinski definition) is 2. The first-order valence-electron chi connectivity index (χ1n) is 6.81. The topological polar surface area (TPSA) is 58.2 Å². The molecule has 0 saturated heterocycles. The van der Waals surface area contributed by atoms with Crippen molar-refractivity contribution in [2.24, 2.45) is 0 Å². The van der Waals surface area contributed by atoms with E-state index in [0.29, 0.717) is 16.8 Å². The summed E-state index contributed by atoms with van der Waals surface area (Å²) in [6.45, 7) is 2.00. The molecule has 4 nitrogen and oxygen atoms in total. The predicted molar refractivity (Wildman–Crippen MR) is 86.7 cm³/mol. The van der Waals surface area contributed by atoms with Gasteiger partial charge in [-0.05, 0) is 30.7 Å². The van der Waals surface area contributed by atoms with E-state index in [1.165, 1.54) is 0 Å². The Morgan fingerprint density at radius 2 is 1.64 bits per heavy atom. The quantitative estimate of drug-likeness (QED) is 0.851. The largest absolute Gasteiger partial charge is 0.341 e. The van der Waals surface area contributed by atoms with Crippen LogP contribution in [0, 0.1) is 19.3 Å². The van der Waals surface area contributed by atoms with Crippen LogP contribution in [0.4, 0.5) is 5.69 Å². The molecule has 0 bridgehead atoms. The second kappa shape index (κ2) is 7.09. The van der Waals surface area contributed by atoms with Gasteiger partial charge in [0.05, 0.1) is 17.8 Å². The molecule has 22 heavy (non-hydrogen) atoms. The van der Waals surface area contributed by atoms with Crippen LogP contribution in [0.25, 0.3) is 0 Å². The van der Waals surface area contributed by atoms with E-state index < -0.39 is 0 Å². The summed E-state index contributed by atoms with van der Waals surface area (Å²) < 4.78 is 0. The van der Waals surface area contributed by atoms with Gasteiger partial charge in [0, 0.05) is 5.56 Å². The minimum absolute atomic E-state index is 0.138. The highest BCUT2D eigenvalue weighted by Gasteiger charge is 2.14. The number of hydrogen-bond donors (Lipinski definition) is 2. The molecule has 0 fully saturated rings. The van der Waals surface area contributed by atoms with E-state index in [2.05, 4.69) is 16.6 Å². The van der Waals surface area contributed by atoms with E-state index in [0.717, 1.165) is 5.56 Å². The number of para-hydroxylation sites is 1. The molecule has 2 aromatic rings. The highest BCUT2D eigenvalue weighted by molar-refractivity contribution is 6.09. The van der Waals surface area contributed by atoms with Crippen LogP contribution in [0.3, 0.4) is 0 Å². The Hall–Kier alpha value is -3.06. The maximum absolute atomic E-state index is 12.3. The van der Waals surface area contributed by atoms with Gasteiger partial charge >= 0.3 is 0 Å². The molecular weight excluding hydrogens is 276 g/mol. The Labute approximate surface area is 129 Å². The second-order valence-electron chi connectivity index (χ2n) is 4.70. The van der Waals surface area contributed by atoms with Gasteiger partial charge in [-0.25, -0.2) is 0 Å². The smallest absolute Gasteiger partial charge is 0.255 e. The van der Waals surface area contributed by atoms with Gasteiger partial charge in [-0.15, -0.1) is 6.42 Å². The minimum Gasteiger partial charge on any atom is -0.341 e. The fraction of sp³-hybridized carbons (Fsp3) is 0.111. The van der Waals surface area contributed by atoms with Crippen LogP contribution in [0.15, 0.2) is 48.5 Å². The zero-order chi connectivity index (χ0) is 15.9. The summed E-state index contributed by atoms with van der Waals surface area (Å²) in [5, 5.41) is 5.36. The second-order valence-corrected chi connectivity index (χ2v) is 4.70. The van der Waals surface area contributed by atoms with Gasteiger partial charge in [0.15, 0.2) is 0 Å². The van der Waals surface area contributed by atoms with Crippen molar-refractivity contribution >= 4 is 17.5 Å². The van der Waals surface area contributed by atoms with Gasteiger partial charge in [0.2, 0.25) is 0 Å². The average molecular weight is 292 g/mol. The molecule has 0 unspecified atom stereocenters. The van der Waals surface area contributed by atoms with Crippen LogP contribution in [-0.2, 0) is 0 Å². The zero-order valence-corrected chi connectivity index (χ0v) is 12.2. The summed E-state index contributed by atoms with van der Waals surface area (Å²) in [6, 6.07) is 14.1. The number of anilines is 1. The summed E-state index contributed by atoms with van der Waals surface area (Å²) >= 11 is 0. The van der Waals surface area contributed by atoms with E-state index in [1.807, 2.05) is 19.1 Å². The monoisotopic (exact) mass is 292 g/mol. The van der Waals surface area contributed by atoms with Crippen LogP contribution in [0.2, 0.25) is 0 Å². The van der Waals surface area contributed by atoms with Crippen LogP contribution in [0.1, 0.15) is 26.3 Å². The molecule has 0 atom stereocenters. The number of carbonyl (C=O) groups excluding carboxylic acids is 2. The van der Waals surface area contributed by atoms with E-state index in [1.54, 1.807) is 36.4 Å². The number of nitrogens with one attached hydrogen (secondary N) is 2. The maximum atomic E-state index is 12.3. The molecule has 0 aliphatic heterocycles. The summed E-state index contributed by atoms with van der Waals surface area (Å²) in [6.07, 6.45) is 5.13. The Morgan fingerprint density at radius 3 is 2.32 bits per heavy atom. The lowest BCUT2D eigenvalue weighted by Crippen LogP contribution is -2.25. The van der Waals surface area contributed by atoms with E-state index in [9.17, 15) is 9.59 Å². The van der Waals surface area contributed by atoms with Crippen molar-refractivity contribution in [3.63, 3.8) is 0 Å². The van der Waals surface area contributed by atoms with E-state index >= 15 is 0 Å². The third kappa shape index (κ3) is 3.53. The Bertz CT molecular complexity index is 745. The van der Waals surface area contributed by atoms with Gasteiger partial charge in [-0.1, -0.05) is 36.3 Å². The highest BCUT2D eigenvalue weighted by atomic mass is 16.2. The minimum atomic E-state index is -0.321. The van der Waals surface area contributed by atoms with Gasteiger partial charge < -0.3 is 10.6 Å². The average Bonchev–Trinajstić information content (AvgIpc) is 2.53. The lowest BCUT2D eigenvalue weighted by molar-refractivity contribution is 0.0959. The van der Waals surface area contributed by atoms with Gasteiger partial charge in [0.1, 0.15) is 0 Å². The van der Waals surface area contributed by atoms with Crippen molar-refractivity contribution < 1.29 is 9.59 Å².